The summed E-state index contributed by atoms with van der Waals surface area (Å²) in [5.74, 6) is -0.988. The van der Waals surface area contributed by atoms with Gasteiger partial charge in [0.1, 0.15) is 6.61 Å². The summed E-state index contributed by atoms with van der Waals surface area (Å²) in [5.41, 5.74) is -1.11. The van der Waals surface area contributed by atoms with Crippen LogP contribution in [0.15, 0.2) is 24.3 Å². The summed E-state index contributed by atoms with van der Waals surface area (Å²) in [6.45, 7) is 7.22. The van der Waals surface area contributed by atoms with Gasteiger partial charge in [-0.2, -0.15) is 0 Å². The standard InChI is InChI=1S/C15H20O5.C6H14O2/c1-4-15(18,5-2)10-20-14(17)12-8-6-11(7-9-12)13(16)19-3;1-3-6(8,4-2)5-7/h6-9,18H,4-5,10H2,1-3H3;7-8H,3-5H2,1-2H3. The fourth-order valence-electron chi connectivity index (χ4n) is 2.07. The van der Waals surface area contributed by atoms with Gasteiger partial charge >= 0.3 is 11.9 Å². The van der Waals surface area contributed by atoms with Crippen LogP contribution in [0.5, 0.6) is 0 Å². The van der Waals surface area contributed by atoms with Gasteiger partial charge in [-0.1, -0.05) is 27.7 Å². The van der Waals surface area contributed by atoms with E-state index in [4.69, 9.17) is 9.84 Å². The molecule has 1 rings (SSSR count). The minimum atomic E-state index is -0.985. The number of aliphatic hydroxyl groups is 3. The van der Waals surface area contributed by atoms with Crippen LogP contribution in [0.2, 0.25) is 0 Å². The zero-order valence-electron chi connectivity index (χ0n) is 17.5. The molecule has 0 amide bonds. The Hall–Kier alpha value is -1.96. The topological polar surface area (TPSA) is 113 Å². The van der Waals surface area contributed by atoms with Crippen molar-refractivity contribution in [3.8, 4) is 0 Å². The van der Waals surface area contributed by atoms with Crippen molar-refractivity contribution in [2.45, 2.75) is 64.6 Å². The number of hydrogen-bond acceptors (Lipinski definition) is 7. The van der Waals surface area contributed by atoms with Crippen LogP contribution >= 0.6 is 0 Å². The third-order valence-corrected chi connectivity index (χ3v) is 4.94. The molecule has 160 valence electrons. The fourth-order valence-corrected chi connectivity index (χ4v) is 2.07. The normalized spacial score (nSPS) is 11.3. The Kier molecular flexibility index (Phi) is 11.6. The molecule has 0 spiro atoms. The lowest BCUT2D eigenvalue weighted by atomic mass is 9.99. The zero-order chi connectivity index (χ0) is 21.8. The molecule has 7 heteroatoms. The minimum Gasteiger partial charge on any atom is -0.465 e. The summed E-state index contributed by atoms with van der Waals surface area (Å²) in [7, 11) is 1.29. The molecule has 7 nitrogen and oxygen atoms in total. The molecule has 28 heavy (non-hydrogen) atoms. The maximum atomic E-state index is 11.8. The van der Waals surface area contributed by atoms with Gasteiger partial charge in [0.15, 0.2) is 0 Å². The second-order valence-electron chi connectivity index (χ2n) is 6.67. The van der Waals surface area contributed by atoms with E-state index in [0.29, 0.717) is 36.8 Å². The Morgan fingerprint density at radius 1 is 0.821 bits per heavy atom. The molecule has 0 bridgehead atoms. The first-order chi connectivity index (χ1) is 13.1. The van der Waals surface area contributed by atoms with Crippen LogP contribution in [0.1, 0.15) is 74.1 Å². The molecule has 1 aromatic rings. The molecule has 0 radical (unpaired) electrons. The first-order valence-corrected chi connectivity index (χ1v) is 9.55. The third-order valence-electron chi connectivity index (χ3n) is 4.94. The molecule has 0 unspecified atom stereocenters. The van der Waals surface area contributed by atoms with E-state index >= 15 is 0 Å². The van der Waals surface area contributed by atoms with Gasteiger partial charge in [-0.05, 0) is 49.9 Å². The summed E-state index contributed by atoms with van der Waals surface area (Å²) in [6.07, 6.45) is 2.27. The van der Waals surface area contributed by atoms with Crippen molar-refractivity contribution in [1.29, 1.82) is 0 Å². The Labute approximate surface area is 167 Å². The van der Waals surface area contributed by atoms with Gasteiger partial charge in [0, 0.05) is 0 Å². The lowest BCUT2D eigenvalue weighted by molar-refractivity contribution is -0.0366. The number of rotatable bonds is 9. The highest BCUT2D eigenvalue weighted by atomic mass is 16.5. The first-order valence-electron chi connectivity index (χ1n) is 9.55. The van der Waals surface area contributed by atoms with E-state index in [-0.39, 0.29) is 13.2 Å². The van der Waals surface area contributed by atoms with Crippen LogP contribution in [-0.2, 0) is 9.47 Å². The molecule has 0 saturated carbocycles. The summed E-state index contributed by atoms with van der Waals surface area (Å²) in [6, 6.07) is 5.97. The summed E-state index contributed by atoms with van der Waals surface area (Å²) in [5, 5.41) is 27.8. The highest BCUT2D eigenvalue weighted by molar-refractivity contribution is 5.93. The molecule has 0 aliphatic carbocycles. The summed E-state index contributed by atoms with van der Waals surface area (Å²) in [4.78, 5) is 23.1. The maximum absolute atomic E-state index is 11.8. The van der Waals surface area contributed by atoms with Crippen LogP contribution in [0.3, 0.4) is 0 Å². The van der Waals surface area contributed by atoms with Crippen molar-refractivity contribution in [1.82, 2.24) is 0 Å². The second kappa shape index (κ2) is 12.5. The van der Waals surface area contributed by atoms with Gasteiger partial charge in [-0.3, -0.25) is 0 Å². The largest absolute Gasteiger partial charge is 0.465 e. The number of hydrogen-bond donors (Lipinski definition) is 3. The Bertz CT molecular complexity index is 579. The van der Waals surface area contributed by atoms with Crippen molar-refractivity contribution >= 4 is 11.9 Å². The molecule has 0 atom stereocenters. The number of aliphatic hydroxyl groups excluding tert-OH is 1. The zero-order valence-corrected chi connectivity index (χ0v) is 17.5. The number of benzene rings is 1. The van der Waals surface area contributed by atoms with E-state index in [1.807, 2.05) is 27.7 Å². The second-order valence-corrected chi connectivity index (χ2v) is 6.67. The molecule has 0 aliphatic rings. The summed E-state index contributed by atoms with van der Waals surface area (Å²) >= 11 is 0. The van der Waals surface area contributed by atoms with Crippen molar-refractivity contribution in [2.75, 3.05) is 20.3 Å². The third kappa shape index (κ3) is 8.37. The van der Waals surface area contributed by atoms with Crippen LogP contribution in [-0.4, -0.2) is 58.8 Å². The van der Waals surface area contributed by atoms with Crippen LogP contribution < -0.4 is 0 Å². The van der Waals surface area contributed by atoms with Gasteiger partial charge in [0.25, 0.3) is 0 Å². The summed E-state index contributed by atoms with van der Waals surface area (Å²) < 4.78 is 9.67. The molecule has 0 heterocycles. The minimum absolute atomic E-state index is 0.0441. The highest BCUT2D eigenvalue weighted by Gasteiger charge is 2.24. The van der Waals surface area contributed by atoms with Crippen molar-refractivity contribution in [3.63, 3.8) is 0 Å². The molecular formula is C21H34O7. The average Bonchev–Trinajstić information content (AvgIpc) is 2.76. The molecule has 0 saturated heterocycles. The van der Waals surface area contributed by atoms with Crippen LogP contribution in [0.4, 0.5) is 0 Å². The molecule has 0 aliphatic heterocycles. The predicted molar refractivity (Wildman–Crippen MR) is 106 cm³/mol. The van der Waals surface area contributed by atoms with Gasteiger partial charge in [-0.25, -0.2) is 9.59 Å². The molecular weight excluding hydrogens is 364 g/mol. The number of methoxy groups -OCH3 is 1. The van der Waals surface area contributed by atoms with Gasteiger partial charge in [0.2, 0.25) is 0 Å². The Morgan fingerprint density at radius 2 is 1.21 bits per heavy atom. The van der Waals surface area contributed by atoms with Crippen molar-refractivity contribution in [3.05, 3.63) is 35.4 Å². The predicted octanol–water partition coefficient (Wildman–Crippen LogP) is 2.71. The van der Waals surface area contributed by atoms with Crippen LogP contribution in [0, 0.1) is 0 Å². The van der Waals surface area contributed by atoms with E-state index < -0.39 is 23.1 Å². The SMILES string of the molecule is CCC(O)(CC)CO.CCC(O)(CC)COC(=O)c1ccc(C(=O)OC)cc1. The Balaban J connectivity index is 0.000000769. The van der Waals surface area contributed by atoms with Gasteiger partial charge < -0.3 is 24.8 Å². The van der Waals surface area contributed by atoms with E-state index in [1.54, 1.807) is 0 Å². The average molecular weight is 398 g/mol. The monoisotopic (exact) mass is 398 g/mol. The smallest absolute Gasteiger partial charge is 0.338 e. The quantitative estimate of drug-likeness (QED) is 0.548. The van der Waals surface area contributed by atoms with E-state index in [0.717, 1.165) is 0 Å². The van der Waals surface area contributed by atoms with Crippen molar-refractivity contribution < 1.29 is 34.4 Å². The molecule has 1 aromatic carbocycles. The van der Waals surface area contributed by atoms with E-state index in [2.05, 4.69) is 4.74 Å². The highest BCUT2D eigenvalue weighted by Crippen LogP contribution is 2.16. The number of ether oxygens (including phenoxy) is 2. The molecule has 3 N–H and O–H groups in total. The number of esters is 2. The van der Waals surface area contributed by atoms with E-state index in [9.17, 15) is 19.8 Å². The van der Waals surface area contributed by atoms with Crippen LogP contribution in [0.25, 0.3) is 0 Å². The van der Waals surface area contributed by atoms with Gasteiger partial charge in [0.05, 0.1) is 36.0 Å². The first kappa shape index (κ1) is 26.0. The number of carbonyl (C=O) groups is 2. The van der Waals surface area contributed by atoms with Crippen molar-refractivity contribution in [2.24, 2.45) is 0 Å². The lowest BCUT2D eigenvalue weighted by Crippen LogP contribution is -2.34. The van der Waals surface area contributed by atoms with E-state index in [1.165, 1.54) is 31.4 Å². The van der Waals surface area contributed by atoms with Gasteiger partial charge in [-0.15, -0.1) is 0 Å². The molecule has 0 aromatic heterocycles. The lowest BCUT2D eigenvalue weighted by Gasteiger charge is -2.24. The fraction of sp³-hybridized carbons (Fsp3) is 0.619. The Morgan fingerprint density at radius 3 is 1.50 bits per heavy atom. The number of carbonyl (C=O) groups excluding carboxylic acids is 2. The molecule has 0 fully saturated rings. The maximum Gasteiger partial charge on any atom is 0.338 e.